The Morgan fingerprint density at radius 2 is 1.90 bits per heavy atom. The number of benzene rings is 1. The molecule has 1 aromatic carbocycles. The zero-order valence-corrected chi connectivity index (χ0v) is 13.5. The Morgan fingerprint density at radius 3 is 2.50 bits per heavy atom. The van der Waals surface area contributed by atoms with Gasteiger partial charge < -0.3 is 5.73 Å². The molecule has 2 aliphatic rings. The second-order valence-corrected chi connectivity index (χ2v) is 7.95. The maximum Gasteiger partial charge on any atom is 0.0408 e. The van der Waals surface area contributed by atoms with E-state index in [0.717, 1.165) is 24.5 Å². The van der Waals surface area contributed by atoms with Gasteiger partial charge in [-0.3, -0.25) is 4.90 Å². The topological polar surface area (TPSA) is 29.3 Å². The third-order valence-electron chi connectivity index (χ3n) is 5.35. The van der Waals surface area contributed by atoms with E-state index in [0.29, 0.717) is 0 Å². The first-order chi connectivity index (χ1) is 9.32. The van der Waals surface area contributed by atoms with Crippen LogP contribution in [0.3, 0.4) is 0 Å². The molecule has 3 heteroatoms. The summed E-state index contributed by atoms with van der Waals surface area (Å²) < 4.78 is 0. The van der Waals surface area contributed by atoms with Gasteiger partial charge in [-0.1, -0.05) is 17.7 Å². The number of nitrogens with two attached hydrogens (primary N) is 1. The molecule has 2 nitrogen and oxygen atoms in total. The number of halogens is 1. The Morgan fingerprint density at radius 1 is 1.25 bits per heavy atom. The van der Waals surface area contributed by atoms with Gasteiger partial charge in [-0.2, -0.15) is 0 Å². The highest BCUT2D eigenvalue weighted by molar-refractivity contribution is 6.30. The van der Waals surface area contributed by atoms with Crippen LogP contribution < -0.4 is 5.73 Å². The summed E-state index contributed by atoms with van der Waals surface area (Å²) in [6.45, 7) is 9.20. The van der Waals surface area contributed by atoms with Gasteiger partial charge in [0.05, 0.1) is 0 Å². The number of piperidine rings is 1. The van der Waals surface area contributed by atoms with E-state index in [-0.39, 0.29) is 17.0 Å². The summed E-state index contributed by atoms with van der Waals surface area (Å²) in [4.78, 5) is 2.58. The lowest BCUT2D eigenvalue weighted by Gasteiger charge is -2.47. The summed E-state index contributed by atoms with van der Waals surface area (Å²) in [5, 5.41) is 0.833. The third-order valence-corrected chi connectivity index (χ3v) is 5.59. The molecule has 0 aromatic heterocycles. The van der Waals surface area contributed by atoms with E-state index in [1.165, 1.54) is 24.0 Å². The zero-order valence-electron chi connectivity index (χ0n) is 12.7. The van der Waals surface area contributed by atoms with Crippen molar-refractivity contribution in [2.45, 2.75) is 51.6 Å². The summed E-state index contributed by atoms with van der Waals surface area (Å²) in [5.41, 5.74) is 9.81. The van der Waals surface area contributed by atoms with Crippen LogP contribution in [0.5, 0.6) is 0 Å². The summed E-state index contributed by atoms with van der Waals surface area (Å²) in [6, 6.07) is 6.40. The van der Waals surface area contributed by atoms with E-state index in [4.69, 9.17) is 17.3 Å². The van der Waals surface area contributed by atoms with Crippen LogP contribution >= 0.6 is 11.6 Å². The smallest absolute Gasteiger partial charge is 0.0408 e. The molecule has 1 aliphatic heterocycles. The van der Waals surface area contributed by atoms with Gasteiger partial charge in [0, 0.05) is 16.6 Å². The van der Waals surface area contributed by atoms with Gasteiger partial charge in [-0.25, -0.2) is 0 Å². The molecule has 1 heterocycles. The molecule has 1 aromatic rings. The van der Waals surface area contributed by atoms with Crippen molar-refractivity contribution in [3.05, 3.63) is 34.3 Å². The van der Waals surface area contributed by atoms with E-state index in [2.05, 4.69) is 37.8 Å². The maximum absolute atomic E-state index is 6.60. The quantitative estimate of drug-likeness (QED) is 0.788. The van der Waals surface area contributed by atoms with Crippen LogP contribution in [0, 0.1) is 5.41 Å². The number of hydrogen-bond donors (Lipinski definition) is 1. The van der Waals surface area contributed by atoms with E-state index in [1.54, 1.807) is 0 Å². The lowest BCUT2D eigenvalue weighted by Crippen LogP contribution is -2.50. The molecule has 1 atom stereocenters. The normalized spacial score (nSPS) is 25.9. The van der Waals surface area contributed by atoms with Crippen LogP contribution in [0.4, 0.5) is 0 Å². The Balaban J connectivity index is 1.81. The van der Waals surface area contributed by atoms with Gasteiger partial charge in [0.2, 0.25) is 0 Å². The van der Waals surface area contributed by atoms with E-state index in [1.807, 2.05) is 6.07 Å². The van der Waals surface area contributed by atoms with Crippen molar-refractivity contribution >= 4 is 11.6 Å². The largest absolute Gasteiger partial charge is 0.323 e. The molecule has 1 fully saturated rings. The van der Waals surface area contributed by atoms with Crippen LogP contribution in [-0.2, 0) is 6.42 Å². The van der Waals surface area contributed by atoms with Gasteiger partial charge in [0.15, 0.2) is 0 Å². The molecular formula is C17H25ClN2. The molecule has 20 heavy (non-hydrogen) atoms. The maximum atomic E-state index is 6.60. The number of hydrogen-bond acceptors (Lipinski definition) is 2. The van der Waals surface area contributed by atoms with Crippen LogP contribution in [0.15, 0.2) is 18.2 Å². The minimum Gasteiger partial charge on any atom is -0.323 e. The second-order valence-electron chi connectivity index (χ2n) is 7.52. The van der Waals surface area contributed by atoms with Crippen molar-refractivity contribution in [3.8, 4) is 0 Å². The first-order valence-corrected chi connectivity index (χ1v) is 7.99. The SMILES string of the molecule is CC(C)(C)N1CCC2(CC1)Cc1cc(Cl)ccc1[C@H]2N. The molecule has 0 radical (unpaired) electrons. The summed E-state index contributed by atoms with van der Waals surface area (Å²) in [6.07, 6.45) is 3.48. The second kappa shape index (κ2) is 4.72. The lowest BCUT2D eigenvalue weighted by molar-refractivity contribution is 0.0345. The van der Waals surface area contributed by atoms with Crippen molar-refractivity contribution in [1.29, 1.82) is 0 Å². The zero-order chi connectivity index (χ0) is 14.5. The number of fused-ring (bicyclic) bond motifs is 1. The Hall–Kier alpha value is -0.570. The van der Waals surface area contributed by atoms with Crippen molar-refractivity contribution < 1.29 is 0 Å². The Labute approximate surface area is 127 Å². The van der Waals surface area contributed by atoms with E-state index in [9.17, 15) is 0 Å². The summed E-state index contributed by atoms with van der Waals surface area (Å²) in [7, 11) is 0. The highest BCUT2D eigenvalue weighted by atomic mass is 35.5. The number of rotatable bonds is 0. The molecule has 0 saturated carbocycles. The van der Waals surface area contributed by atoms with Gasteiger partial charge in [0.1, 0.15) is 0 Å². The molecule has 2 N–H and O–H groups in total. The average Bonchev–Trinajstić information content (AvgIpc) is 2.61. The molecule has 1 saturated heterocycles. The van der Waals surface area contributed by atoms with Gasteiger partial charge in [-0.15, -0.1) is 0 Å². The van der Waals surface area contributed by atoms with Crippen molar-refractivity contribution in [1.82, 2.24) is 4.90 Å². The molecule has 1 spiro atoms. The fourth-order valence-electron chi connectivity index (χ4n) is 3.96. The molecule has 3 rings (SSSR count). The monoisotopic (exact) mass is 292 g/mol. The first kappa shape index (κ1) is 14.4. The number of likely N-dealkylation sites (tertiary alicyclic amines) is 1. The highest BCUT2D eigenvalue weighted by Crippen LogP contribution is 2.51. The molecular weight excluding hydrogens is 268 g/mol. The predicted molar refractivity (Wildman–Crippen MR) is 85.1 cm³/mol. The third kappa shape index (κ3) is 2.28. The van der Waals surface area contributed by atoms with E-state index < -0.39 is 0 Å². The fraction of sp³-hybridized carbons (Fsp3) is 0.647. The molecule has 0 amide bonds. The summed E-state index contributed by atoms with van der Waals surface area (Å²) in [5.74, 6) is 0. The first-order valence-electron chi connectivity index (χ1n) is 7.61. The molecule has 110 valence electrons. The van der Waals surface area contributed by atoms with Gasteiger partial charge in [-0.05, 0) is 81.8 Å². The fourth-order valence-corrected chi connectivity index (χ4v) is 4.16. The van der Waals surface area contributed by atoms with Crippen LogP contribution in [0.2, 0.25) is 5.02 Å². The molecule has 0 bridgehead atoms. The minimum absolute atomic E-state index is 0.178. The standard InChI is InChI=1S/C17H25ClN2/c1-16(2,3)20-8-6-17(7-9-20)11-12-10-13(18)4-5-14(12)15(17)19/h4-5,10,15H,6-9,11,19H2,1-3H3/t15-/m1/s1. The molecule has 0 unspecified atom stereocenters. The summed E-state index contributed by atoms with van der Waals surface area (Å²) >= 11 is 6.13. The minimum atomic E-state index is 0.178. The van der Waals surface area contributed by atoms with Crippen LogP contribution in [-0.4, -0.2) is 23.5 Å². The Kier molecular flexibility index (Phi) is 3.39. The van der Waals surface area contributed by atoms with Crippen molar-refractivity contribution in [2.24, 2.45) is 11.1 Å². The van der Waals surface area contributed by atoms with Gasteiger partial charge >= 0.3 is 0 Å². The highest BCUT2D eigenvalue weighted by Gasteiger charge is 2.46. The Bertz CT molecular complexity index is 510. The van der Waals surface area contributed by atoms with Crippen LogP contribution in [0.25, 0.3) is 0 Å². The van der Waals surface area contributed by atoms with Crippen molar-refractivity contribution in [3.63, 3.8) is 0 Å². The number of nitrogens with zero attached hydrogens (tertiary/aromatic N) is 1. The average molecular weight is 293 g/mol. The van der Waals surface area contributed by atoms with E-state index >= 15 is 0 Å². The molecule has 1 aliphatic carbocycles. The predicted octanol–water partition coefficient (Wildman–Crippen LogP) is 3.78. The van der Waals surface area contributed by atoms with Crippen LogP contribution in [0.1, 0.15) is 50.8 Å². The van der Waals surface area contributed by atoms with Crippen molar-refractivity contribution in [2.75, 3.05) is 13.1 Å². The van der Waals surface area contributed by atoms with Gasteiger partial charge in [0.25, 0.3) is 0 Å². The lowest BCUT2D eigenvalue weighted by atomic mass is 9.72.